The molecule has 0 aromatic carbocycles. The van der Waals surface area contributed by atoms with Crippen molar-refractivity contribution in [2.24, 2.45) is 4.99 Å². The lowest BCUT2D eigenvalue weighted by Gasteiger charge is -2.41. The minimum absolute atomic E-state index is 0.00362. The van der Waals surface area contributed by atoms with Crippen molar-refractivity contribution in [2.75, 3.05) is 26.9 Å². The largest absolute Gasteiger partial charge is 0.493 e. The van der Waals surface area contributed by atoms with Crippen LogP contribution in [0, 0.1) is 0 Å². The molecule has 0 bridgehead atoms. The molecular formula is C20H32N2O13. The number of nitrogens with zero attached hydrogens (tertiary/aromatic N) is 1. The Kier molecular flexibility index (Phi) is 9.94. The Morgan fingerprint density at radius 3 is 2.34 bits per heavy atom. The Morgan fingerprint density at radius 2 is 1.83 bits per heavy atom. The summed E-state index contributed by atoms with van der Waals surface area (Å²) in [7, 11) is 1.24. The maximum atomic E-state index is 12.0. The quantitative estimate of drug-likeness (QED) is 0.130. The number of hydrogen-bond acceptors (Lipinski definition) is 13. The zero-order valence-corrected chi connectivity index (χ0v) is 19.1. The maximum absolute atomic E-state index is 12.0. The number of rotatable bonds is 11. The van der Waals surface area contributed by atoms with Crippen LogP contribution in [0.2, 0.25) is 0 Å². The number of aliphatic hydroxyl groups is 6. The molecule has 2 rings (SSSR count). The molecule has 1 fully saturated rings. The molecule has 15 heteroatoms. The standard InChI is InChI=1S/C20H32N2O13/c1-8(34-19-16(29)15(28)14(27)11(6-23)35-19)13(18(30)31)22-10-4-20(32,7-24)3-9(17(10)33-2)21-5-12(25)26/h8,11,13-16,19,22-24,27-29,32H,3-7H2,1-2H3,(H,25,26)(H,30,31)/t8-,11-,13+,14+,15+,16-,19?,20+/m1/s1. The molecule has 0 aromatic rings. The van der Waals surface area contributed by atoms with Gasteiger partial charge in [0.2, 0.25) is 0 Å². The van der Waals surface area contributed by atoms with Gasteiger partial charge in [-0.25, -0.2) is 4.79 Å². The molecule has 0 saturated carbocycles. The highest BCUT2D eigenvalue weighted by molar-refractivity contribution is 6.01. The van der Waals surface area contributed by atoms with E-state index in [1.807, 2.05) is 0 Å². The number of allylic oxidation sites excluding steroid dienone is 1. The number of nitrogens with one attached hydrogen (secondary N) is 1. The van der Waals surface area contributed by atoms with Crippen molar-refractivity contribution in [3.63, 3.8) is 0 Å². The van der Waals surface area contributed by atoms with Crippen molar-refractivity contribution >= 4 is 17.7 Å². The topological polar surface area (TPSA) is 248 Å². The van der Waals surface area contributed by atoms with Crippen molar-refractivity contribution in [1.29, 1.82) is 0 Å². The second-order valence-electron chi connectivity index (χ2n) is 8.40. The summed E-state index contributed by atoms with van der Waals surface area (Å²) >= 11 is 0. The van der Waals surface area contributed by atoms with Gasteiger partial charge in [-0.15, -0.1) is 0 Å². The van der Waals surface area contributed by atoms with E-state index < -0.39 is 80.1 Å². The summed E-state index contributed by atoms with van der Waals surface area (Å²) in [6.07, 6.45) is -9.82. The van der Waals surface area contributed by atoms with E-state index in [1.165, 1.54) is 14.0 Å². The van der Waals surface area contributed by atoms with Gasteiger partial charge < -0.3 is 60.4 Å². The van der Waals surface area contributed by atoms with Gasteiger partial charge in [-0.2, -0.15) is 0 Å². The number of ether oxygens (including phenoxy) is 3. The number of aliphatic carboxylic acids is 2. The molecule has 1 saturated heterocycles. The summed E-state index contributed by atoms with van der Waals surface area (Å²) < 4.78 is 16.0. The van der Waals surface area contributed by atoms with Gasteiger partial charge in [0, 0.05) is 12.8 Å². The molecule has 1 unspecified atom stereocenters. The molecule has 0 aromatic heterocycles. The monoisotopic (exact) mass is 508 g/mol. The molecule has 9 N–H and O–H groups in total. The van der Waals surface area contributed by atoms with Gasteiger partial charge in [0.25, 0.3) is 0 Å². The van der Waals surface area contributed by atoms with Crippen LogP contribution in [0.1, 0.15) is 19.8 Å². The Morgan fingerprint density at radius 1 is 1.17 bits per heavy atom. The van der Waals surface area contributed by atoms with E-state index in [2.05, 4.69) is 10.3 Å². The number of carbonyl (C=O) groups is 2. The lowest BCUT2D eigenvalue weighted by molar-refractivity contribution is -0.311. The highest BCUT2D eigenvalue weighted by Crippen LogP contribution is 2.31. The Labute approximate surface area is 199 Å². The minimum atomic E-state index is -1.79. The first-order chi connectivity index (χ1) is 16.4. The zero-order valence-electron chi connectivity index (χ0n) is 19.1. The average molecular weight is 508 g/mol. The van der Waals surface area contributed by atoms with Gasteiger partial charge in [-0.3, -0.25) is 9.79 Å². The Bertz CT molecular complexity index is 832. The van der Waals surface area contributed by atoms with Crippen LogP contribution in [0.15, 0.2) is 16.4 Å². The first-order valence-electron chi connectivity index (χ1n) is 10.7. The third kappa shape index (κ3) is 6.86. The highest BCUT2D eigenvalue weighted by atomic mass is 16.7. The van der Waals surface area contributed by atoms with Gasteiger partial charge >= 0.3 is 11.9 Å². The van der Waals surface area contributed by atoms with E-state index in [1.54, 1.807) is 0 Å². The van der Waals surface area contributed by atoms with Crippen LogP contribution < -0.4 is 5.32 Å². The summed E-state index contributed by atoms with van der Waals surface area (Å²) in [5.41, 5.74) is -1.80. The summed E-state index contributed by atoms with van der Waals surface area (Å²) in [4.78, 5) is 26.9. The summed E-state index contributed by atoms with van der Waals surface area (Å²) in [5, 5.41) is 81.0. The van der Waals surface area contributed by atoms with Gasteiger partial charge in [0.15, 0.2) is 18.1 Å². The maximum Gasteiger partial charge on any atom is 0.328 e. The Hall–Kier alpha value is -2.37. The number of carboxylic acids is 2. The molecule has 1 heterocycles. The zero-order chi connectivity index (χ0) is 26.5. The molecule has 0 spiro atoms. The molecule has 1 aliphatic heterocycles. The molecule has 15 nitrogen and oxygen atoms in total. The number of carboxylic acid groups (broad SMARTS) is 2. The van der Waals surface area contributed by atoms with E-state index in [9.17, 15) is 45.3 Å². The van der Waals surface area contributed by atoms with Crippen LogP contribution in [0.5, 0.6) is 0 Å². The second kappa shape index (κ2) is 12.0. The van der Waals surface area contributed by atoms with Crippen molar-refractivity contribution < 1.29 is 64.7 Å². The Balaban J connectivity index is 2.32. The molecule has 1 aliphatic carbocycles. The van der Waals surface area contributed by atoms with E-state index in [0.717, 1.165) is 0 Å². The lowest BCUT2D eigenvalue weighted by Crippen LogP contribution is -2.60. The number of aliphatic imine (C=N–C) groups is 1. The molecule has 0 amide bonds. The SMILES string of the molecule is COC1=C(N[C@H](C(=O)O)[C@@H](C)OC2O[C@H](CO)[C@H](O)[C@H](O)[C@H]2O)C[C@](O)(CO)CC1=NCC(=O)O. The van der Waals surface area contributed by atoms with Crippen LogP contribution in [0.3, 0.4) is 0 Å². The van der Waals surface area contributed by atoms with Crippen LogP contribution >= 0.6 is 0 Å². The van der Waals surface area contributed by atoms with Gasteiger partial charge in [0.1, 0.15) is 31.0 Å². The van der Waals surface area contributed by atoms with Gasteiger partial charge in [-0.05, 0) is 6.92 Å². The molecule has 2 aliphatic rings. The predicted molar refractivity (Wildman–Crippen MR) is 114 cm³/mol. The van der Waals surface area contributed by atoms with Crippen molar-refractivity contribution in [3.05, 3.63) is 11.5 Å². The fourth-order valence-corrected chi connectivity index (χ4v) is 3.84. The number of aliphatic hydroxyl groups excluding tert-OH is 5. The second-order valence-corrected chi connectivity index (χ2v) is 8.40. The molecule has 0 radical (unpaired) electrons. The third-order valence-electron chi connectivity index (χ3n) is 5.70. The van der Waals surface area contributed by atoms with E-state index >= 15 is 0 Å². The fourth-order valence-electron chi connectivity index (χ4n) is 3.84. The van der Waals surface area contributed by atoms with Crippen molar-refractivity contribution in [1.82, 2.24) is 5.32 Å². The van der Waals surface area contributed by atoms with Crippen molar-refractivity contribution in [3.8, 4) is 0 Å². The van der Waals surface area contributed by atoms with E-state index in [4.69, 9.17) is 19.3 Å². The minimum Gasteiger partial charge on any atom is -0.493 e. The van der Waals surface area contributed by atoms with E-state index in [-0.39, 0.29) is 30.0 Å². The summed E-state index contributed by atoms with van der Waals surface area (Å²) in [5.74, 6) is -2.71. The molecular weight excluding hydrogens is 476 g/mol. The number of methoxy groups -OCH3 is 1. The first kappa shape index (κ1) is 28.9. The highest BCUT2D eigenvalue weighted by Gasteiger charge is 2.46. The van der Waals surface area contributed by atoms with Crippen molar-refractivity contribution in [2.45, 2.75) is 68.2 Å². The number of hydrogen-bond donors (Lipinski definition) is 9. The molecule has 8 atom stereocenters. The smallest absolute Gasteiger partial charge is 0.328 e. The average Bonchev–Trinajstić information content (AvgIpc) is 2.80. The van der Waals surface area contributed by atoms with Crippen LogP contribution in [0.25, 0.3) is 0 Å². The van der Waals surface area contributed by atoms with Crippen LogP contribution in [-0.2, 0) is 23.8 Å². The molecule has 35 heavy (non-hydrogen) atoms. The molecule has 200 valence electrons. The van der Waals surface area contributed by atoms with E-state index in [0.29, 0.717) is 0 Å². The van der Waals surface area contributed by atoms with Crippen LogP contribution in [0.4, 0.5) is 0 Å². The summed E-state index contributed by atoms with van der Waals surface area (Å²) in [6, 6.07) is -1.57. The first-order valence-corrected chi connectivity index (χ1v) is 10.7. The summed E-state index contributed by atoms with van der Waals surface area (Å²) in [6.45, 7) is -0.797. The lowest BCUT2D eigenvalue weighted by atomic mass is 9.85. The third-order valence-corrected chi connectivity index (χ3v) is 5.70. The van der Waals surface area contributed by atoms with Gasteiger partial charge in [0.05, 0.1) is 43.4 Å². The fraction of sp³-hybridized carbons (Fsp3) is 0.750. The van der Waals surface area contributed by atoms with Crippen LogP contribution in [-0.4, -0.2) is 134 Å². The normalized spacial score (nSPS) is 34.4. The predicted octanol–water partition coefficient (Wildman–Crippen LogP) is -3.86. The van der Waals surface area contributed by atoms with Gasteiger partial charge in [-0.1, -0.05) is 0 Å².